The van der Waals surface area contributed by atoms with Crippen molar-refractivity contribution in [1.82, 2.24) is 0 Å². The van der Waals surface area contributed by atoms with E-state index in [-0.39, 0.29) is 5.79 Å². The molecule has 74 valence electrons. The average Bonchev–Trinajstić information content (AvgIpc) is 2.57. The molecule has 1 rings (SSSR count). The minimum atomic E-state index is -0.264. The van der Waals surface area contributed by atoms with Gasteiger partial charge in [0, 0.05) is 5.92 Å². The molecule has 12 heavy (non-hydrogen) atoms. The minimum Gasteiger partial charge on any atom is -0.347 e. The van der Waals surface area contributed by atoms with Gasteiger partial charge in [0.05, 0.1) is 13.2 Å². The zero-order valence-electron chi connectivity index (χ0n) is 9.02. The Kier molecular flexibility index (Phi) is 5.51. The van der Waals surface area contributed by atoms with Crippen LogP contribution in [0.4, 0.5) is 0 Å². The SMILES string of the molecule is CC.CCC1(C(C)C)OCCO1. The zero-order chi connectivity index (χ0) is 9.61. The highest BCUT2D eigenvalue weighted by molar-refractivity contribution is 4.75. The molecule has 0 aromatic heterocycles. The van der Waals surface area contributed by atoms with Gasteiger partial charge in [-0.1, -0.05) is 34.6 Å². The van der Waals surface area contributed by atoms with Gasteiger partial charge in [0.25, 0.3) is 0 Å². The van der Waals surface area contributed by atoms with Gasteiger partial charge in [-0.05, 0) is 6.42 Å². The number of hydrogen-bond acceptors (Lipinski definition) is 2. The molecule has 0 spiro atoms. The highest BCUT2D eigenvalue weighted by Gasteiger charge is 2.37. The van der Waals surface area contributed by atoms with Gasteiger partial charge in [-0.3, -0.25) is 0 Å². The molecule has 0 radical (unpaired) electrons. The Bertz CT molecular complexity index is 104. The minimum absolute atomic E-state index is 0.264. The molecular formula is C10H22O2. The maximum atomic E-state index is 5.53. The van der Waals surface area contributed by atoms with Gasteiger partial charge in [-0.15, -0.1) is 0 Å². The van der Waals surface area contributed by atoms with Gasteiger partial charge in [-0.2, -0.15) is 0 Å². The molecule has 2 nitrogen and oxygen atoms in total. The van der Waals surface area contributed by atoms with E-state index in [1.807, 2.05) is 13.8 Å². The number of ether oxygens (including phenoxy) is 2. The van der Waals surface area contributed by atoms with Gasteiger partial charge in [0.15, 0.2) is 5.79 Å². The topological polar surface area (TPSA) is 18.5 Å². The first-order valence-corrected chi connectivity index (χ1v) is 4.99. The van der Waals surface area contributed by atoms with Crippen LogP contribution in [0.2, 0.25) is 0 Å². The lowest BCUT2D eigenvalue weighted by Crippen LogP contribution is -2.35. The van der Waals surface area contributed by atoms with Gasteiger partial charge >= 0.3 is 0 Å². The molecule has 2 heteroatoms. The van der Waals surface area contributed by atoms with Crippen molar-refractivity contribution in [3.05, 3.63) is 0 Å². The van der Waals surface area contributed by atoms with Gasteiger partial charge in [0.1, 0.15) is 0 Å². The smallest absolute Gasteiger partial charge is 0.170 e. The normalized spacial score (nSPS) is 20.5. The van der Waals surface area contributed by atoms with E-state index in [9.17, 15) is 0 Å². The van der Waals surface area contributed by atoms with E-state index < -0.39 is 0 Å². The molecule has 1 aliphatic rings. The average molecular weight is 174 g/mol. The van der Waals surface area contributed by atoms with Crippen LogP contribution >= 0.6 is 0 Å². The van der Waals surface area contributed by atoms with Crippen LogP contribution in [0.25, 0.3) is 0 Å². The Balaban J connectivity index is 0.000000561. The third-order valence-electron chi connectivity index (χ3n) is 2.15. The summed E-state index contributed by atoms with van der Waals surface area (Å²) in [6.45, 7) is 11.9. The molecule has 0 aliphatic carbocycles. The van der Waals surface area contributed by atoms with Crippen molar-refractivity contribution < 1.29 is 9.47 Å². The molecule has 0 amide bonds. The van der Waals surface area contributed by atoms with E-state index in [0.29, 0.717) is 5.92 Å². The molecule has 0 aromatic carbocycles. The quantitative estimate of drug-likeness (QED) is 0.641. The molecule has 0 N–H and O–H groups in total. The van der Waals surface area contributed by atoms with E-state index in [2.05, 4.69) is 20.8 Å². The van der Waals surface area contributed by atoms with Gasteiger partial charge in [0.2, 0.25) is 0 Å². The fraction of sp³-hybridized carbons (Fsp3) is 1.00. The first-order valence-electron chi connectivity index (χ1n) is 4.99. The Hall–Kier alpha value is -0.0800. The summed E-state index contributed by atoms with van der Waals surface area (Å²) in [5, 5.41) is 0. The molecule has 1 aliphatic heterocycles. The van der Waals surface area contributed by atoms with E-state index in [4.69, 9.17) is 9.47 Å². The van der Waals surface area contributed by atoms with Gasteiger partial charge in [-0.25, -0.2) is 0 Å². The second-order valence-electron chi connectivity index (χ2n) is 3.02. The van der Waals surface area contributed by atoms with Crippen molar-refractivity contribution in [2.75, 3.05) is 13.2 Å². The maximum Gasteiger partial charge on any atom is 0.170 e. The lowest BCUT2D eigenvalue weighted by Gasteiger charge is -2.29. The Morgan fingerprint density at radius 3 is 1.75 bits per heavy atom. The molecule has 1 saturated heterocycles. The largest absolute Gasteiger partial charge is 0.347 e. The molecule has 0 saturated carbocycles. The van der Waals surface area contributed by atoms with Gasteiger partial charge < -0.3 is 9.47 Å². The third kappa shape index (κ3) is 2.46. The van der Waals surface area contributed by atoms with Crippen LogP contribution in [-0.2, 0) is 9.47 Å². The predicted octanol–water partition coefficient (Wildman–Crippen LogP) is 2.82. The van der Waals surface area contributed by atoms with Crippen LogP contribution in [-0.4, -0.2) is 19.0 Å². The lowest BCUT2D eigenvalue weighted by molar-refractivity contribution is -0.189. The van der Waals surface area contributed by atoms with Crippen LogP contribution in [0.1, 0.15) is 41.0 Å². The molecule has 1 heterocycles. The van der Waals surface area contributed by atoms with Crippen molar-refractivity contribution >= 4 is 0 Å². The van der Waals surface area contributed by atoms with Crippen molar-refractivity contribution in [2.45, 2.75) is 46.8 Å². The molecule has 1 fully saturated rings. The standard InChI is InChI=1S/C8H16O2.C2H6/c1-4-8(7(2)3)9-5-6-10-8;1-2/h7H,4-6H2,1-3H3;1-2H3. The van der Waals surface area contributed by atoms with E-state index in [1.165, 1.54) is 0 Å². The lowest BCUT2D eigenvalue weighted by atomic mass is 10.0. The van der Waals surface area contributed by atoms with Crippen LogP contribution in [0.15, 0.2) is 0 Å². The fourth-order valence-electron chi connectivity index (χ4n) is 1.42. The Labute approximate surface area is 76.3 Å². The molecule has 0 bridgehead atoms. The summed E-state index contributed by atoms with van der Waals surface area (Å²) >= 11 is 0. The van der Waals surface area contributed by atoms with Crippen LogP contribution < -0.4 is 0 Å². The van der Waals surface area contributed by atoms with Crippen molar-refractivity contribution in [1.29, 1.82) is 0 Å². The summed E-state index contributed by atoms with van der Waals surface area (Å²) in [6, 6.07) is 0. The van der Waals surface area contributed by atoms with E-state index in [1.54, 1.807) is 0 Å². The highest BCUT2D eigenvalue weighted by atomic mass is 16.7. The van der Waals surface area contributed by atoms with Crippen LogP contribution in [0.5, 0.6) is 0 Å². The third-order valence-corrected chi connectivity index (χ3v) is 2.15. The summed E-state index contributed by atoms with van der Waals surface area (Å²) in [4.78, 5) is 0. The van der Waals surface area contributed by atoms with Crippen molar-refractivity contribution in [3.8, 4) is 0 Å². The predicted molar refractivity (Wildman–Crippen MR) is 51.1 cm³/mol. The number of hydrogen-bond donors (Lipinski definition) is 0. The van der Waals surface area contributed by atoms with Crippen molar-refractivity contribution in [2.24, 2.45) is 5.92 Å². The first-order chi connectivity index (χ1) is 5.71. The zero-order valence-corrected chi connectivity index (χ0v) is 9.02. The van der Waals surface area contributed by atoms with E-state index >= 15 is 0 Å². The Morgan fingerprint density at radius 1 is 1.17 bits per heavy atom. The van der Waals surface area contributed by atoms with Crippen molar-refractivity contribution in [3.63, 3.8) is 0 Å². The maximum absolute atomic E-state index is 5.53. The molecule has 0 aromatic rings. The highest BCUT2D eigenvalue weighted by Crippen LogP contribution is 2.30. The second-order valence-corrected chi connectivity index (χ2v) is 3.02. The number of rotatable bonds is 2. The van der Waals surface area contributed by atoms with Crippen LogP contribution in [0, 0.1) is 5.92 Å². The summed E-state index contributed by atoms with van der Waals surface area (Å²) in [5.74, 6) is 0.194. The summed E-state index contributed by atoms with van der Waals surface area (Å²) in [7, 11) is 0. The summed E-state index contributed by atoms with van der Waals surface area (Å²) in [6.07, 6.45) is 0.949. The Morgan fingerprint density at radius 2 is 1.58 bits per heavy atom. The molecular weight excluding hydrogens is 152 g/mol. The molecule has 0 unspecified atom stereocenters. The van der Waals surface area contributed by atoms with E-state index in [0.717, 1.165) is 19.6 Å². The van der Waals surface area contributed by atoms with Crippen LogP contribution in [0.3, 0.4) is 0 Å². The monoisotopic (exact) mass is 174 g/mol. The molecule has 0 atom stereocenters. The second kappa shape index (κ2) is 5.55. The summed E-state index contributed by atoms with van der Waals surface area (Å²) < 4.78 is 11.1. The summed E-state index contributed by atoms with van der Waals surface area (Å²) in [5.41, 5.74) is 0. The fourth-order valence-corrected chi connectivity index (χ4v) is 1.42. The first kappa shape index (κ1) is 11.9.